The number of hydrogen-bond acceptors (Lipinski definition) is 3. The van der Waals surface area contributed by atoms with Crippen molar-refractivity contribution in [2.75, 3.05) is 36.4 Å². The minimum atomic E-state index is -4.85. The van der Waals surface area contributed by atoms with Gasteiger partial charge in [0.15, 0.2) is 0 Å². The number of amides is 2. The minimum Gasteiger partial charge on any atom is -0.368 e. The first-order chi connectivity index (χ1) is 13.6. The highest BCUT2D eigenvalue weighted by molar-refractivity contribution is 9.10. The fraction of sp³-hybridized carbons (Fsp3) is 0.263. The van der Waals surface area contributed by atoms with Crippen LogP contribution < -0.4 is 10.2 Å². The number of carbonyl (C=O) groups excluding carboxylic acids is 2. The zero-order valence-corrected chi connectivity index (χ0v) is 17.3. The van der Waals surface area contributed by atoms with Crippen LogP contribution in [0.25, 0.3) is 0 Å². The van der Waals surface area contributed by atoms with E-state index in [0.717, 1.165) is 15.1 Å². The molecule has 1 saturated heterocycles. The van der Waals surface area contributed by atoms with Crippen LogP contribution in [-0.4, -0.2) is 49.1 Å². The first-order valence-electron chi connectivity index (χ1n) is 8.62. The lowest BCUT2D eigenvalue weighted by Gasteiger charge is -2.36. The zero-order valence-electron chi connectivity index (χ0n) is 15.0. The van der Waals surface area contributed by atoms with Gasteiger partial charge in [0, 0.05) is 42.0 Å². The zero-order chi connectivity index (χ0) is 21.2. The van der Waals surface area contributed by atoms with E-state index < -0.39 is 12.1 Å². The van der Waals surface area contributed by atoms with Crippen LogP contribution >= 0.6 is 27.5 Å². The van der Waals surface area contributed by atoms with Crippen molar-refractivity contribution < 1.29 is 22.8 Å². The van der Waals surface area contributed by atoms with Crippen LogP contribution in [0, 0.1) is 0 Å². The largest absolute Gasteiger partial charge is 0.471 e. The predicted octanol–water partition coefficient (Wildman–Crippen LogP) is 4.57. The second kappa shape index (κ2) is 8.62. The van der Waals surface area contributed by atoms with Crippen LogP contribution in [0.15, 0.2) is 46.9 Å². The number of rotatable bonds is 3. The lowest BCUT2D eigenvalue weighted by molar-refractivity contribution is -0.185. The standard InChI is InChI=1S/C19H16BrClF3N3O2/c20-12-1-6-16(21)15(11-12)17(28)25-13-2-4-14(5-3-13)26-7-9-27(10-8-26)18(29)19(22,23)24/h1-6,11H,7-10H2,(H,25,28). The van der Waals surface area contributed by atoms with E-state index in [4.69, 9.17) is 11.6 Å². The van der Waals surface area contributed by atoms with Crippen LogP contribution in [0.1, 0.15) is 10.4 Å². The third kappa shape index (κ3) is 5.22. The molecule has 2 amide bonds. The summed E-state index contributed by atoms with van der Waals surface area (Å²) in [5.74, 6) is -2.16. The summed E-state index contributed by atoms with van der Waals surface area (Å²) in [7, 11) is 0. The van der Waals surface area contributed by atoms with Crippen LogP contribution in [0.4, 0.5) is 24.5 Å². The second-order valence-corrected chi connectivity index (χ2v) is 7.73. The molecule has 10 heteroatoms. The Morgan fingerprint density at radius 1 is 1.00 bits per heavy atom. The summed E-state index contributed by atoms with van der Waals surface area (Å²) >= 11 is 9.36. The first kappa shape index (κ1) is 21.4. The van der Waals surface area contributed by atoms with Gasteiger partial charge in [0.05, 0.1) is 10.6 Å². The molecule has 0 spiro atoms. The third-order valence-corrected chi connectivity index (χ3v) is 5.30. The molecule has 2 aromatic rings. The predicted molar refractivity (Wildman–Crippen MR) is 108 cm³/mol. The van der Waals surface area contributed by atoms with E-state index in [1.54, 1.807) is 42.5 Å². The monoisotopic (exact) mass is 489 g/mol. The van der Waals surface area contributed by atoms with Crippen molar-refractivity contribution in [3.8, 4) is 0 Å². The Labute approximate surface area is 178 Å². The lowest BCUT2D eigenvalue weighted by atomic mass is 10.2. The molecule has 1 fully saturated rings. The van der Waals surface area contributed by atoms with Crippen molar-refractivity contribution >= 4 is 50.7 Å². The third-order valence-electron chi connectivity index (χ3n) is 4.47. The van der Waals surface area contributed by atoms with Crippen LogP contribution in [-0.2, 0) is 4.79 Å². The molecule has 0 radical (unpaired) electrons. The molecule has 0 saturated carbocycles. The molecule has 29 heavy (non-hydrogen) atoms. The van der Waals surface area contributed by atoms with Gasteiger partial charge in [0.2, 0.25) is 0 Å². The Kier molecular flexibility index (Phi) is 6.38. The first-order valence-corrected chi connectivity index (χ1v) is 9.80. The number of piperazine rings is 1. The number of alkyl halides is 3. The van der Waals surface area contributed by atoms with Gasteiger partial charge in [0.1, 0.15) is 0 Å². The number of halogens is 5. The molecular weight excluding hydrogens is 475 g/mol. The number of nitrogens with zero attached hydrogens (tertiary/aromatic N) is 2. The average molecular weight is 491 g/mol. The smallest absolute Gasteiger partial charge is 0.368 e. The summed E-state index contributed by atoms with van der Waals surface area (Å²) in [5, 5.41) is 3.08. The molecule has 5 nitrogen and oxygen atoms in total. The van der Waals surface area contributed by atoms with E-state index in [1.165, 1.54) is 0 Å². The Hall–Kier alpha value is -2.26. The molecule has 0 atom stereocenters. The summed E-state index contributed by atoms with van der Waals surface area (Å²) in [6, 6.07) is 11.9. The summed E-state index contributed by atoms with van der Waals surface area (Å²) in [6.45, 7) is 0.582. The van der Waals surface area contributed by atoms with E-state index >= 15 is 0 Å². The van der Waals surface area contributed by atoms with Gasteiger partial charge in [-0.2, -0.15) is 13.2 Å². The van der Waals surface area contributed by atoms with E-state index in [0.29, 0.717) is 29.4 Å². The van der Waals surface area contributed by atoms with Crippen molar-refractivity contribution in [1.82, 2.24) is 4.90 Å². The van der Waals surface area contributed by atoms with Crippen LogP contribution in [0.5, 0.6) is 0 Å². The van der Waals surface area contributed by atoms with Gasteiger partial charge in [-0.05, 0) is 42.5 Å². The molecular formula is C19H16BrClF3N3O2. The van der Waals surface area contributed by atoms with Crippen LogP contribution in [0.3, 0.4) is 0 Å². The Morgan fingerprint density at radius 3 is 2.21 bits per heavy atom. The Balaban J connectivity index is 1.60. The fourth-order valence-electron chi connectivity index (χ4n) is 2.97. The fourth-order valence-corrected chi connectivity index (χ4v) is 3.54. The highest BCUT2D eigenvalue weighted by Gasteiger charge is 2.43. The van der Waals surface area contributed by atoms with Crippen molar-refractivity contribution in [3.05, 3.63) is 57.5 Å². The Morgan fingerprint density at radius 2 is 1.62 bits per heavy atom. The number of nitrogens with one attached hydrogen (secondary N) is 1. The lowest BCUT2D eigenvalue weighted by Crippen LogP contribution is -2.52. The van der Waals surface area contributed by atoms with Crippen molar-refractivity contribution in [3.63, 3.8) is 0 Å². The normalized spacial score (nSPS) is 14.7. The molecule has 1 aliphatic heterocycles. The number of benzene rings is 2. The second-order valence-electron chi connectivity index (χ2n) is 6.40. The van der Waals surface area contributed by atoms with Gasteiger partial charge in [-0.15, -0.1) is 0 Å². The van der Waals surface area contributed by atoms with Gasteiger partial charge in [-0.3, -0.25) is 9.59 Å². The molecule has 0 aliphatic carbocycles. The van der Waals surface area contributed by atoms with Gasteiger partial charge in [-0.25, -0.2) is 0 Å². The average Bonchev–Trinajstić information content (AvgIpc) is 2.69. The highest BCUT2D eigenvalue weighted by Crippen LogP contribution is 2.25. The number of carbonyl (C=O) groups is 2. The van der Waals surface area contributed by atoms with E-state index in [2.05, 4.69) is 21.2 Å². The van der Waals surface area contributed by atoms with Gasteiger partial charge < -0.3 is 15.1 Å². The van der Waals surface area contributed by atoms with Gasteiger partial charge in [0.25, 0.3) is 5.91 Å². The summed E-state index contributed by atoms with van der Waals surface area (Å²) in [5.41, 5.74) is 1.68. The Bertz CT molecular complexity index is 914. The van der Waals surface area contributed by atoms with E-state index in [9.17, 15) is 22.8 Å². The number of hydrogen-bond donors (Lipinski definition) is 1. The maximum Gasteiger partial charge on any atom is 0.471 e. The maximum atomic E-state index is 12.5. The summed E-state index contributed by atoms with van der Waals surface area (Å²) < 4.78 is 38.3. The van der Waals surface area contributed by atoms with Crippen molar-refractivity contribution in [2.24, 2.45) is 0 Å². The molecule has 2 aromatic carbocycles. The molecule has 154 valence electrons. The van der Waals surface area contributed by atoms with Crippen LogP contribution in [0.2, 0.25) is 5.02 Å². The van der Waals surface area contributed by atoms with Crippen molar-refractivity contribution in [2.45, 2.75) is 6.18 Å². The molecule has 1 N–H and O–H groups in total. The topological polar surface area (TPSA) is 52.7 Å². The molecule has 0 unspecified atom stereocenters. The summed E-state index contributed by atoms with van der Waals surface area (Å²) in [6.07, 6.45) is -4.85. The van der Waals surface area contributed by atoms with Gasteiger partial charge >= 0.3 is 12.1 Å². The van der Waals surface area contributed by atoms with Gasteiger partial charge in [-0.1, -0.05) is 27.5 Å². The quantitative estimate of drug-likeness (QED) is 0.686. The minimum absolute atomic E-state index is 0.00177. The highest BCUT2D eigenvalue weighted by atomic mass is 79.9. The van der Waals surface area contributed by atoms with E-state index in [-0.39, 0.29) is 19.0 Å². The SMILES string of the molecule is O=C(Nc1ccc(N2CCN(C(=O)C(F)(F)F)CC2)cc1)c1cc(Br)ccc1Cl. The van der Waals surface area contributed by atoms with E-state index in [1.807, 2.05) is 4.90 Å². The molecule has 3 rings (SSSR count). The molecule has 1 aliphatic rings. The molecule has 0 bridgehead atoms. The molecule has 0 aromatic heterocycles. The summed E-state index contributed by atoms with van der Waals surface area (Å²) in [4.78, 5) is 26.4. The maximum absolute atomic E-state index is 12.5. The van der Waals surface area contributed by atoms with Crippen molar-refractivity contribution in [1.29, 1.82) is 0 Å². The number of anilines is 2. The molecule has 1 heterocycles.